The lowest BCUT2D eigenvalue weighted by Crippen LogP contribution is -2.44. The van der Waals surface area contributed by atoms with Crippen LogP contribution in [-0.2, 0) is 0 Å². The fraction of sp³-hybridized carbons (Fsp3) is 0.304. The number of hydrogen-bond acceptors (Lipinski definition) is 6. The summed E-state index contributed by atoms with van der Waals surface area (Å²) in [6.07, 6.45) is 4.02. The molecule has 166 valence electrons. The highest BCUT2D eigenvalue weighted by atomic mass is 19.3. The third kappa shape index (κ3) is 4.16. The molecule has 9 heteroatoms. The molecule has 1 saturated heterocycles. The summed E-state index contributed by atoms with van der Waals surface area (Å²) in [5.41, 5.74) is 2.08. The molecule has 1 aromatic carbocycles. The average molecular weight is 440 g/mol. The fourth-order valence-electron chi connectivity index (χ4n) is 4.05. The van der Waals surface area contributed by atoms with Crippen LogP contribution in [-0.4, -0.2) is 51.7 Å². The van der Waals surface area contributed by atoms with Crippen LogP contribution in [0.3, 0.4) is 0 Å². The first-order valence-electron chi connectivity index (χ1n) is 10.4. The molecule has 1 N–H and O–H groups in total. The molecule has 1 aliphatic rings. The third-order valence-electron chi connectivity index (χ3n) is 5.64. The van der Waals surface area contributed by atoms with Gasteiger partial charge in [-0.05, 0) is 49.4 Å². The topological polar surface area (TPSA) is 75.5 Å². The summed E-state index contributed by atoms with van der Waals surface area (Å²) in [5.74, 6) is -1.62. The molecule has 0 radical (unpaired) electrons. The molecule has 7 nitrogen and oxygen atoms in total. The second kappa shape index (κ2) is 8.23. The van der Waals surface area contributed by atoms with Crippen molar-refractivity contribution in [1.82, 2.24) is 14.3 Å². The molecule has 32 heavy (non-hydrogen) atoms. The predicted octanol–water partition coefficient (Wildman–Crippen LogP) is 4.15. The van der Waals surface area contributed by atoms with Crippen molar-refractivity contribution in [1.29, 1.82) is 0 Å². The van der Waals surface area contributed by atoms with Crippen molar-refractivity contribution in [2.24, 2.45) is 5.16 Å². The van der Waals surface area contributed by atoms with E-state index in [1.54, 1.807) is 35.5 Å². The molecular formula is C23H22F2N4O3. The van der Waals surface area contributed by atoms with E-state index in [0.717, 1.165) is 5.52 Å². The summed E-state index contributed by atoms with van der Waals surface area (Å²) in [7, 11) is 0. The van der Waals surface area contributed by atoms with Crippen LogP contribution >= 0.6 is 0 Å². The molecule has 0 bridgehead atoms. The number of likely N-dealkylation sites (tertiary alicyclic amines) is 1. The van der Waals surface area contributed by atoms with Gasteiger partial charge in [-0.1, -0.05) is 5.16 Å². The minimum absolute atomic E-state index is 0.0527. The van der Waals surface area contributed by atoms with E-state index < -0.39 is 5.92 Å². The first-order chi connectivity index (χ1) is 15.5. The Kier molecular flexibility index (Phi) is 5.26. The molecule has 0 unspecified atom stereocenters. The molecule has 1 aliphatic heterocycles. The van der Waals surface area contributed by atoms with Crippen LogP contribution in [0.1, 0.15) is 12.8 Å². The molecule has 0 atom stereocenters. The lowest BCUT2D eigenvalue weighted by Gasteiger charge is -2.32. The Bertz CT molecular complexity index is 1330. The smallest absolute Gasteiger partial charge is 0.260 e. The van der Waals surface area contributed by atoms with Gasteiger partial charge in [-0.2, -0.15) is 0 Å². The van der Waals surface area contributed by atoms with E-state index in [1.165, 1.54) is 0 Å². The molecule has 3 aromatic heterocycles. The molecule has 0 saturated carbocycles. The minimum Gasteiger partial charge on any atom is -0.492 e. The van der Waals surface area contributed by atoms with Crippen molar-refractivity contribution in [3.8, 4) is 17.2 Å². The zero-order valence-electron chi connectivity index (χ0n) is 17.2. The lowest BCUT2D eigenvalue weighted by atomic mass is 10.1. The van der Waals surface area contributed by atoms with Crippen molar-refractivity contribution in [2.45, 2.75) is 18.8 Å². The maximum atomic E-state index is 13.5. The van der Waals surface area contributed by atoms with Crippen LogP contribution < -0.4 is 10.1 Å². The normalized spacial score (nSPS) is 17.2. The molecule has 0 aliphatic carbocycles. The van der Waals surface area contributed by atoms with Gasteiger partial charge in [0.25, 0.3) is 5.92 Å². The SMILES string of the molecule is O/N=c1/cc(-c2cc3cccn3cn2)oc2ccc(OCCN3CCCC(F)(F)C3)cc12. The van der Waals surface area contributed by atoms with Crippen molar-refractivity contribution >= 4 is 16.5 Å². The van der Waals surface area contributed by atoms with Crippen LogP contribution in [0.25, 0.3) is 27.9 Å². The fourth-order valence-corrected chi connectivity index (χ4v) is 4.05. The summed E-state index contributed by atoms with van der Waals surface area (Å²) >= 11 is 0. The van der Waals surface area contributed by atoms with Crippen LogP contribution in [0.5, 0.6) is 5.75 Å². The van der Waals surface area contributed by atoms with E-state index in [4.69, 9.17) is 9.15 Å². The Morgan fingerprint density at radius 1 is 1.22 bits per heavy atom. The first kappa shape index (κ1) is 20.4. The van der Waals surface area contributed by atoms with E-state index in [0.29, 0.717) is 53.0 Å². The number of rotatable bonds is 5. The molecular weight excluding hydrogens is 418 g/mol. The van der Waals surface area contributed by atoms with Crippen molar-refractivity contribution in [3.63, 3.8) is 0 Å². The number of ether oxygens (including phenoxy) is 1. The number of alkyl halides is 2. The van der Waals surface area contributed by atoms with Gasteiger partial charge in [-0.15, -0.1) is 0 Å². The van der Waals surface area contributed by atoms with E-state index in [1.807, 2.05) is 28.8 Å². The average Bonchev–Trinajstić information content (AvgIpc) is 3.25. The monoisotopic (exact) mass is 440 g/mol. The van der Waals surface area contributed by atoms with Gasteiger partial charge >= 0.3 is 0 Å². The predicted molar refractivity (Wildman–Crippen MR) is 114 cm³/mol. The highest BCUT2D eigenvalue weighted by Gasteiger charge is 2.34. The maximum absolute atomic E-state index is 13.5. The van der Waals surface area contributed by atoms with Crippen LogP contribution in [0.4, 0.5) is 8.78 Å². The number of nitrogens with zero attached hydrogens (tertiary/aromatic N) is 4. The summed E-state index contributed by atoms with van der Waals surface area (Å²) in [6, 6.07) is 12.6. The summed E-state index contributed by atoms with van der Waals surface area (Å²) in [5, 5.41) is 13.9. The van der Waals surface area contributed by atoms with Gasteiger partial charge in [0, 0.05) is 30.7 Å². The van der Waals surface area contributed by atoms with Gasteiger partial charge in [0.1, 0.15) is 29.0 Å². The van der Waals surface area contributed by atoms with Crippen LogP contribution in [0, 0.1) is 0 Å². The molecule has 4 heterocycles. The quantitative estimate of drug-likeness (QED) is 0.373. The van der Waals surface area contributed by atoms with Gasteiger partial charge < -0.3 is 18.8 Å². The Labute approximate surface area is 182 Å². The zero-order chi connectivity index (χ0) is 22.1. The van der Waals surface area contributed by atoms with Gasteiger partial charge in [0.2, 0.25) is 0 Å². The number of aromatic nitrogens is 2. The minimum atomic E-state index is -2.63. The second-order valence-electron chi connectivity index (χ2n) is 7.95. The number of benzene rings is 1. The largest absolute Gasteiger partial charge is 0.492 e. The summed E-state index contributed by atoms with van der Waals surface area (Å²) < 4.78 is 40.8. The third-order valence-corrected chi connectivity index (χ3v) is 5.64. The summed E-state index contributed by atoms with van der Waals surface area (Å²) in [4.78, 5) is 6.13. The Balaban J connectivity index is 1.36. The van der Waals surface area contributed by atoms with Gasteiger partial charge in [0.15, 0.2) is 5.76 Å². The number of hydrogen-bond donors (Lipinski definition) is 1. The van der Waals surface area contributed by atoms with Gasteiger partial charge in [-0.25, -0.2) is 13.8 Å². The van der Waals surface area contributed by atoms with Gasteiger partial charge in [0.05, 0.1) is 18.3 Å². The number of piperidine rings is 1. The van der Waals surface area contributed by atoms with Crippen molar-refractivity contribution in [3.05, 3.63) is 60.3 Å². The van der Waals surface area contributed by atoms with Crippen molar-refractivity contribution in [2.75, 3.05) is 26.2 Å². The van der Waals surface area contributed by atoms with Crippen molar-refractivity contribution < 1.29 is 23.1 Å². The molecule has 0 spiro atoms. The lowest BCUT2D eigenvalue weighted by molar-refractivity contribution is -0.0656. The zero-order valence-corrected chi connectivity index (χ0v) is 17.2. The Hall–Kier alpha value is -3.46. The maximum Gasteiger partial charge on any atom is 0.260 e. The van der Waals surface area contributed by atoms with E-state index in [2.05, 4.69) is 10.1 Å². The molecule has 5 rings (SSSR count). The van der Waals surface area contributed by atoms with E-state index in [9.17, 15) is 14.0 Å². The standard InChI is InChI=1S/C23H22F2N4O3/c24-23(25)6-2-7-28(14-23)9-10-31-17-4-5-21-18(12-17)19(27-30)13-22(32-21)20-11-16-3-1-8-29(16)15-26-20/h1,3-5,8,11-13,15,30H,2,6-7,9-10,14H2/b27-19-. The number of halogens is 2. The first-order valence-corrected chi connectivity index (χ1v) is 10.4. The second-order valence-corrected chi connectivity index (χ2v) is 7.95. The highest BCUT2D eigenvalue weighted by Crippen LogP contribution is 2.27. The Morgan fingerprint density at radius 2 is 2.12 bits per heavy atom. The highest BCUT2D eigenvalue weighted by molar-refractivity contribution is 5.80. The van der Waals surface area contributed by atoms with Crippen LogP contribution in [0.2, 0.25) is 0 Å². The summed E-state index contributed by atoms with van der Waals surface area (Å²) in [6.45, 7) is 1.12. The molecule has 4 aromatic rings. The van der Waals surface area contributed by atoms with E-state index >= 15 is 0 Å². The number of fused-ring (bicyclic) bond motifs is 2. The van der Waals surface area contributed by atoms with E-state index in [-0.39, 0.29) is 19.6 Å². The van der Waals surface area contributed by atoms with Gasteiger partial charge in [-0.3, -0.25) is 4.90 Å². The Morgan fingerprint density at radius 3 is 2.97 bits per heavy atom. The molecule has 1 fully saturated rings. The van der Waals surface area contributed by atoms with Crippen LogP contribution in [0.15, 0.2) is 64.6 Å². The molecule has 0 amide bonds.